The molecule has 104 valence electrons. The Balaban J connectivity index is 2.46. The number of hydrogen-bond acceptors (Lipinski definition) is 3. The van der Waals surface area contributed by atoms with Crippen molar-refractivity contribution in [2.75, 3.05) is 6.61 Å². The topological polar surface area (TPSA) is 35.5 Å². The molecule has 0 saturated heterocycles. The monoisotopic (exact) mass is 262 g/mol. The fourth-order valence-electron chi connectivity index (χ4n) is 1.57. The van der Waals surface area contributed by atoms with Crippen molar-refractivity contribution in [2.45, 2.75) is 39.7 Å². The minimum absolute atomic E-state index is 0.0723. The van der Waals surface area contributed by atoms with Crippen molar-refractivity contribution in [1.82, 2.24) is 0 Å². The lowest BCUT2D eigenvalue weighted by Gasteiger charge is -2.19. The smallest absolute Gasteiger partial charge is 0.344 e. The van der Waals surface area contributed by atoms with Gasteiger partial charge in [-0.15, -0.1) is 0 Å². The summed E-state index contributed by atoms with van der Waals surface area (Å²) in [5.41, 5.74) is 1.81. The van der Waals surface area contributed by atoms with Crippen LogP contribution in [0.4, 0.5) is 0 Å². The molecule has 1 aromatic carbocycles. The van der Waals surface area contributed by atoms with Gasteiger partial charge in [0.15, 0.2) is 6.61 Å². The second-order valence-corrected chi connectivity index (χ2v) is 5.65. The molecule has 0 atom stereocenters. The third-order valence-electron chi connectivity index (χ3n) is 2.21. The van der Waals surface area contributed by atoms with Gasteiger partial charge in [-0.3, -0.25) is 0 Å². The van der Waals surface area contributed by atoms with E-state index in [1.54, 1.807) is 0 Å². The lowest BCUT2D eigenvalue weighted by molar-refractivity contribution is -0.157. The first-order chi connectivity index (χ1) is 8.76. The molecular weight excluding hydrogens is 240 g/mol. The van der Waals surface area contributed by atoms with E-state index in [1.165, 1.54) is 5.56 Å². The summed E-state index contributed by atoms with van der Waals surface area (Å²) in [5.74, 6) is 0.301. The summed E-state index contributed by atoms with van der Waals surface area (Å²) in [6.07, 6.45) is 0.854. The number of rotatable bonds is 5. The fourth-order valence-corrected chi connectivity index (χ4v) is 1.57. The van der Waals surface area contributed by atoms with Gasteiger partial charge >= 0.3 is 5.97 Å². The van der Waals surface area contributed by atoms with Gasteiger partial charge in [0, 0.05) is 0 Å². The van der Waals surface area contributed by atoms with E-state index in [-0.39, 0.29) is 12.6 Å². The Morgan fingerprint density at radius 2 is 1.79 bits per heavy atom. The standard InChI is InChI=1S/C16H22O3/c1-12(2)10-13-6-8-14(9-7-13)18-11-15(17)19-16(3,4)5/h6-9H,1,10-11H2,2-5H3. The number of allylic oxidation sites excluding steroid dienone is 1. The normalized spacial score (nSPS) is 10.9. The Bertz CT molecular complexity index is 438. The number of esters is 1. The van der Waals surface area contributed by atoms with Crippen LogP contribution in [-0.4, -0.2) is 18.2 Å². The van der Waals surface area contributed by atoms with Crippen LogP contribution in [0.1, 0.15) is 33.3 Å². The highest BCUT2D eigenvalue weighted by Crippen LogP contribution is 2.15. The van der Waals surface area contributed by atoms with Crippen LogP contribution >= 0.6 is 0 Å². The van der Waals surface area contributed by atoms with E-state index in [0.717, 1.165) is 12.0 Å². The van der Waals surface area contributed by atoms with Crippen molar-refractivity contribution in [1.29, 1.82) is 0 Å². The van der Waals surface area contributed by atoms with Crippen molar-refractivity contribution in [3.8, 4) is 5.75 Å². The fraction of sp³-hybridized carbons (Fsp3) is 0.438. The first-order valence-corrected chi connectivity index (χ1v) is 6.34. The minimum Gasteiger partial charge on any atom is -0.482 e. The van der Waals surface area contributed by atoms with Crippen LogP contribution in [0.15, 0.2) is 36.4 Å². The molecule has 1 aromatic rings. The Morgan fingerprint density at radius 3 is 2.26 bits per heavy atom. The molecule has 0 aliphatic carbocycles. The van der Waals surface area contributed by atoms with Gasteiger partial charge in [0.1, 0.15) is 11.4 Å². The molecule has 0 spiro atoms. The van der Waals surface area contributed by atoms with E-state index in [1.807, 2.05) is 52.0 Å². The summed E-state index contributed by atoms with van der Waals surface area (Å²) in [5, 5.41) is 0. The lowest BCUT2D eigenvalue weighted by atomic mass is 10.1. The molecule has 0 fully saturated rings. The predicted molar refractivity (Wildman–Crippen MR) is 76.3 cm³/mol. The van der Waals surface area contributed by atoms with Gasteiger partial charge in [-0.05, 0) is 51.8 Å². The first kappa shape index (κ1) is 15.3. The van der Waals surface area contributed by atoms with E-state index in [2.05, 4.69) is 6.58 Å². The molecule has 0 aliphatic heterocycles. The maximum atomic E-state index is 11.5. The van der Waals surface area contributed by atoms with E-state index >= 15 is 0 Å². The van der Waals surface area contributed by atoms with Crippen molar-refractivity contribution in [3.05, 3.63) is 42.0 Å². The van der Waals surface area contributed by atoms with Gasteiger partial charge in [-0.25, -0.2) is 4.79 Å². The molecule has 1 rings (SSSR count). The molecule has 19 heavy (non-hydrogen) atoms. The molecular formula is C16H22O3. The van der Waals surface area contributed by atoms with Gasteiger partial charge in [0.2, 0.25) is 0 Å². The van der Waals surface area contributed by atoms with E-state index in [9.17, 15) is 4.79 Å². The third kappa shape index (κ3) is 6.65. The second-order valence-electron chi connectivity index (χ2n) is 5.65. The second kappa shape index (κ2) is 6.41. The van der Waals surface area contributed by atoms with Gasteiger partial charge < -0.3 is 9.47 Å². The third-order valence-corrected chi connectivity index (χ3v) is 2.21. The van der Waals surface area contributed by atoms with Crippen LogP contribution in [0, 0.1) is 0 Å². The maximum absolute atomic E-state index is 11.5. The van der Waals surface area contributed by atoms with Crippen molar-refractivity contribution >= 4 is 5.97 Å². The molecule has 0 aliphatic rings. The Labute approximate surface area is 115 Å². The van der Waals surface area contributed by atoms with Gasteiger partial charge in [0.25, 0.3) is 0 Å². The lowest BCUT2D eigenvalue weighted by Crippen LogP contribution is -2.27. The molecule has 0 unspecified atom stereocenters. The van der Waals surface area contributed by atoms with Gasteiger partial charge in [0.05, 0.1) is 0 Å². The van der Waals surface area contributed by atoms with Crippen LogP contribution < -0.4 is 4.74 Å². The number of benzene rings is 1. The summed E-state index contributed by atoms with van der Waals surface area (Å²) in [6.45, 7) is 11.3. The SMILES string of the molecule is C=C(C)Cc1ccc(OCC(=O)OC(C)(C)C)cc1. The highest BCUT2D eigenvalue weighted by Gasteiger charge is 2.16. The number of carbonyl (C=O) groups is 1. The zero-order valence-corrected chi connectivity index (χ0v) is 12.2. The molecule has 3 heteroatoms. The van der Waals surface area contributed by atoms with Gasteiger partial charge in [-0.2, -0.15) is 0 Å². The molecule has 0 radical (unpaired) electrons. The van der Waals surface area contributed by atoms with Crippen LogP contribution in [0.5, 0.6) is 5.75 Å². The highest BCUT2D eigenvalue weighted by molar-refractivity contribution is 5.71. The average molecular weight is 262 g/mol. The quantitative estimate of drug-likeness (QED) is 0.601. The van der Waals surface area contributed by atoms with Crippen molar-refractivity contribution < 1.29 is 14.3 Å². The Morgan fingerprint density at radius 1 is 1.21 bits per heavy atom. The van der Waals surface area contributed by atoms with E-state index in [0.29, 0.717) is 5.75 Å². The molecule has 0 heterocycles. The summed E-state index contributed by atoms with van der Waals surface area (Å²) >= 11 is 0. The Kier molecular flexibility index (Phi) is 5.16. The molecule has 0 bridgehead atoms. The number of ether oxygens (including phenoxy) is 2. The van der Waals surface area contributed by atoms with Crippen LogP contribution in [0.2, 0.25) is 0 Å². The summed E-state index contributed by atoms with van der Waals surface area (Å²) < 4.78 is 10.5. The highest BCUT2D eigenvalue weighted by atomic mass is 16.6. The largest absolute Gasteiger partial charge is 0.482 e. The van der Waals surface area contributed by atoms with E-state index < -0.39 is 5.60 Å². The summed E-state index contributed by atoms with van der Waals surface area (Å²) in [7, 11) is 0. The van der Waals surface area contributed by atoms with E-state index in [4.69, 9.17) is 9.47 Å². The summed E-state index contributed by atoms with van der Waals surface area (Å²) in [6, 6.07) is 7.64. The predicted octanol–water partition coefficient (Wildman–Crippen LogP) is 3.53. The molecule has 0 N–H and O–H groups in total. The molecule has 0 amide bonds. The minimum atomic E-state index is -0.480. The molecule has 0 saturated carbocycles. The average Bonchev–Trinajstić information content (AvgIpc) is 2.25. The van der Waals surface area contributed by atoms with Crippen molar-refractivity contribution in [2.24, 2.45) is 0 Å². The zero-order chi connectivity index (χ0) is 14.5. The Hall–Kier alpha value is -1.77. The molecule has 3 nitrogen and oxygen atoms in total. The maximum Gasteiger partial charge on any atom is 0.344 e. The number of carbonyl (C=O) groups excluding carboxylic acids is 1. The van der Waals surface area contributed by atoms with Crippen molar-refractivity contribution in [3.63, 3.8) is 0 Å². The van der Waals surface area contributed by atoms with Gasteiger partial charge in [-0.1, -0.05) is 24.3 Å². The summed E-state index contributed by atoms with van der Waals surface area (Å²) in [4.78, 5) is 11.5. The van der Waals surface area contributed by atoms with Crippen LogP contribution in [-0.2, 0) is 16.0 Å². The first-order valence-electron chi connectivity index (χ1n) is 6.34. The van der Waals surface area contributed by atoms with Crippen LogP contribution in [0.3, 0.4) is 0 Å². The van der Waals surface area contributed by atoms with Crippen LogP contribution in [0.25, 0.3) is 0 Å². The molecule has 0 aromatic heterocycles. The number of hydrogen-bond donors (Lipinski definition) is 0. The zero-order valence-electron chi connectivity index (χ0n) is 12.2.